The first kappa shape index (κ1) is 20.1. The summed E-state index contributed by atoms with van der Waals surface area (Å²) in [6.45, 7) is 1.96. The summed E-state index contributed by atoms with van der Waals surface area (Å²) in [5.41, 5.74) is 0.394. The van der Waals surface area contributed by atoms with Gasteiger partial charge in [0.2, 0.25) is 5.91 Å². The number of carbonyl (C=O) groups excluding carboxylic acids is 2. The van der Waals surface area contributed by atoms with Gasteiger partial charge in [-0.05, 0) is 63.5 Å². The van der Waals surface area contributed by atoms with Crippen molar-refractivity contribution in [2.45, 2.75) is 31.3 Å². The predicted molar refractivity (Wildman–Crippen MR) is 104 cm³/mol. The van der Waals surface area contributed by atoms with Gasteiger partial charge in [-0.2, -0.15) is 11.8 Å². The van der Waals surface area contributed by atoms with Crippen LogP contribution in [0.1, 0.15) is 29.6 Å². The number of halogens is 1. The summed E-state index contributed by atoms with van der Waals surface area (Å²) in [5.74, 6) is 0.383. The SMILES string of the molecule is CSCCC(NC(=O)c1ccccc1Cl)C(=O)NC1CCN(C)CC1. The van der Waals surface area contributed by atoms with Gasteiger partial charge in [-0.3, -0.25) is 9.59 Å². The van der Waals surface area contributed by atoms with Crippen LogP contribution in [0, 0.1) is 0 Å². The molecule has 1 aliphatic heterocycles. The molecule has 25 heavy (non-hydrogen) atoms. The molecule has 1 aromatic rings. The average molecular weight is 384 g/mol. The summed E-state index contributed by atoms with van der Waals surface area (Å²) in [5, 5.41) is 6.33. The van der Waals surface area contributed by atoms with Gasteiger partial charge in [0, 0.05) is 6.04 Å². The molecule has 5 nitrogen and oxygen atoms in total. The fourth-order valence-corrected chi connectivity index (χ4v) is 3.53. The van der Waals surface area contributed by atoms with E-state index in [1.54, 1.807) is 36.0 Å². The Morgan fingerprint density at radius 3 is 2.64 bits per heavy atom. The number of carbonyl (C=O) groups is 2. The van der Waals surface area contributed by atoms with E-state index in [1.807, 2.05) is 6.26 Å². The second-order valence-corrected chi connectivity index (χ2v) is 7.77. The summed E-state index contributed by atoms with van der Waals surface area (Å²) >= 11 is 7.74. The topological polar surface area (TPSA) is 61.4 Å². The van der Waals surface area contributed by atoms with E-state index in [1.165, 1.54) is 0 Å². The van der Waals surface area contributed by atoms with E-state index in [4.69, 9.17) is 11.6 Å². The van der Waals surface area contributed by atoms with Crippen LogP contribution in [0.15, 0.2) is 24.3 Å². The molecule has 0 aliphatic carbocycles. The molecule has 0 spiro atoms. The normalized spacial score (nSPS) is 17.1. The lowest BCUT2D eigenvalue weighted by Crippen LogP contribution is -2.52. The molecular formula is C18H26ClN3O2S. The fraction of sp³-hybridized carbons (Fsp3) is 0.556. The molecule has 1 fully saturated rings. The number of nitrogens with one attached hydrogen (secondary N) is 2. The number of rotatable bonds is 7. The Hall–Kier alpha value is -1.24. The highest BCUT2D eigenvalue weighted by molar-refractivity contribution is 7.98. The first-order valence-corrected chi connectivity index (χ1v) is 10.3. The van der Waals surface area contributed by atoms with Crippen molar-refractivity contribution < 1.29 is 9.59 Å². The van der Waals surface area contributed by atoms with Crippen molar-refractivity contribution in [3.05, 3.63) is 34.9 Å². The minimum absolute atomic E-state index is 0.107. The molecule has 2 N–H and O–H groups in total. The number of hydrogen-bond acceptors (Lipinski definition) is 4. The molecule has 0 saturated carbocycles. The molecule has 0 aromatic heterocycles. The number of thioether (sulfide) groups is 1. The Bertz CT molecular complexity index is 591. The van der Waals surface area contributed by atoms with Crippen LogP contribution in [-0.2, 0) is 4.79 Å². The van der Waals surface area contributed by atoms with Crippen LogP contribution >= 0.6 is 23.4 Å². The zero-order valence-electron chi connectivity index (χ0n) is 14.8. The van der Waals surface area contributed by atoms with Crippen molar-refractivity contribution in [2.75, 3.05) is 32.1 Å². The summed E-state index contributed by atoms with van der Waals surface area (Å²) in [6, 6.07) is 6.51. The maximum atomic E-state index is 12.7. The van der Waals surface area contributed by atoms with E-state index in [-0.39, 0.29) is 17.9 Å². The molecular weight excluding hydrogens is 358 g/mol. The highest BCUT2D eigenvalue weighted by Gasteiger charge is 2.25. The Morgan fingerprint density at radius 1 is 1.32 bits per heavy atom. The lowest BCUT2D eigenvalue weighted by Gasteiger charge is -2.30. The molecule has 1 saturated heterocycles. The van der Waals surface area contributed by atoms with Crippen LogP contribution in [0.4, 0.5) is 0 Å². The molecule has 0 bridgehead atoms. The molecule has 1 atom stereocenters. The molecule has 138 valence electrons. The van der Waals surface area contributed by atoms with E-state index in [9.17, 15) is 9.59 Å². The molecule has 2 rings (SSSR count). The van der Waals surface area contributed by atoms with Gasteiger partial charge in [0.25, 0.3) is 5.91 Å². The largest absolute Gasteiger partial charge is 0.351 e. The zero-order chi connectivity index (χ0) is 18.2. The first-order chi connectivity index (χ1) is 12.0. The fourth-order valence-electron chi connectivity index (χ4n) is 2.84. The van der Waals surface area contributed by atoms with Crippen LogP contribution in [0.2, 0.25) is 5.02 Å². The second kappa shape index (κ2) is 10.0. The number of hydrogen-bond donors (Lipinski definition) is 2. The number of amides is 2. The van der Waals surface area contributed by atoms with Crippen molar-refractivity contribution in [3.8, 4) is 0 Å². The van der Waals surface area contributed by atoms with Gasteiger partial charge in [-0.1, -0.05) is 23.7 Å². The van der Waals surface area contributed by atoms with Gasteiger partial charge in [0.05, 0.1) is 10.6 Å². The third-order valence-corrected chi connectivity index (χ3v) is 5.39. The molecule has 7 heteroatoms. The lowest BCUT2D eigenvalue weighted by molar-refractivity contribution is -0.124. The Morgan fingerprint density at radius 2 is 2.00 bits per heavy atom. The Kier molecular flexibility index (Phi) is 8.06. The third kappa shape index (κ3) is 6.20. The molecule has 1 heterocycles. The van der Waals surface area contributed by atoms with Crippen LogP contribution in [0.5, 0.6) is 0 Å². The average Bonchev–Trinajstić information content (AvgIpc) is 2.60. The number of likely N-dealkylation sites (tertiary alicyclic amines) is 1. The van der Waals surface area contributed by atoms with Gasteiger partial charge < -0.3 is 15.5 Å². The highest BCUT2D eigenvalue weighted by Crippen LogP contribution is 2.15. The third-order valence-electron chi connectivity index (χ3n) is 4.42. The Balaban J connectivity index is 1.98. The van der Waals surface area contributed by atoms with Crippen LogP contribution in [-0.4, -0.2) is 60.9 Å². The lowest BCUT2D eigenvalue weighted by atomic mass is 10.0. The van der Waals surface area contributed by atoms with Crippen molar-refractivity contribution in [3.63, 3.8) is 0 Å². The molecule has 1 unspecified atom stereocenters. The number of piperidine rings is 1. The maximum absolute atomic E-state index is 12.7. The molecule has 2 amide bonds. The van der Waals surface area contributed by atoms with Gasteiger partial charge in [0.1, 0.15) is 6.04 Å². The van der Waals surface area contributed by atoms with Gasteiger partial charge in [-0.25, -0.2) is 0 Å². The minimum atomic E-state index is -0.545. The predicted octanol–water partition coefficient (Wildman–Crippen LogP) is 2.40. The van der Waals surface area contributed by atoms with E-state index in [0.717, 1.165) is 31.7 Å². The summed E-state index contributed by atoms with van der Waals surface area (Å²) in [6.07, 6.45) is 4.46. The van der Waals surface area contributed by atoms with Crippen LogP contribution in [0.3, 0.4) is 0 Å². The van der Waals surface area contributed by atoms with Gasteiger partial charge in [0.15, 0.2) is 0 Å². The quantitative estimate of drug-likeness (QED) is 0.759. The van der Waals surface area contributed by atoms with Gasteiger partial charge in [-0.15, -0.1) is 0 Å². The molecule has 0 radical (unpaired) electrons. The van der Waals surface area contributed by atoms with Crippen molar-refractivity contribution in [2.24, 2.45) is 0 Å². The van der Waals surface area contributed by atoms with E-state index in [2.05, 4.69) is 22.6 Å². The standard InChI is InChI=1S/C18H26ClN3O2S/c1-22-10-7-13(8-11-22)20-18(24)16(9-12-25-2)21-17(23)14-5-3-4-6-15(14)19/h3-6,13,16H,7-12H2,1-2H3,(H,20,24)(H,21,23). The summed E-state index contributed by atoms with van der Waals surface area (Å²) < 4.78 is 0. The van der Waals surface area contributed by atoms with E-state index >= 15 is 0 Å². The number of nitrogens with zero attached hydrogens (tertiary/aromatic N) is 1. The van der Waals surface area contributed by atoms with Crippen LogP contribution < -0.4 is 10.6 Å². The van der Waals surface area contributed by atoms with E-state index in [0.29, 0.717) is 17.0 Å². The second-order valence-electron chi connectivity index (χ2n) is 6.37. The number of benzene rings is 1. The summed E-state index contributed by atoms with van der Waals surface area (Å²) in [7, 11) is 2.09. The zero-order valence-corrected chi connectivity index (χ0v) is 16.3. The van der Waals surface area contributed by atoms with Crippen molar-refractivity contribution >= 4 is 35.2 Å². The molecule has 1 aliphatic rings. The monoisotopic (exact) mass is 383 g/mol. The highest BCUT2D eigenvalue weighted by atomic mass is 35.5. The van der Waals surface area contributed by atoms with E-state index < -0.39 is 6.04 Å². The smallest absolute Gasteiger partial charge is 0.253 e. The maximum Gasteiger partial charge on any atom is 0.253 e. The summed E-state index contributed by atoms with van der Waals surface area (Å²) in [4.78, 5) is 27.4. The van der Waals surface area contributed by atoms with Crippen LogP contribution in [0.25, 0.3) is 0 Å². The minimum Gasteiger partial charge on any atom is -0.351 e. The molecule has 1 aromatic carbocycles. The van der Waals surface area contributed by atoms with Crippen molar-refractivity contribution in [1.82, 2.24) is 15.5 Å². The Labute approximate surface area is 158 Å². The van der Waals surface area contributed by atoms with Gasteiger partial charge >= 0.3 is 0 Å². The van der Waals surface area contributed by atoms with Crippen molar-refractivity contribution in [1.29, 1.82) is 0 Å². The first-order valence-electron chi connectivity index (χ1n) is 8.54.